The summed E-state index contributed by atoms with van der Waals surface area (Å²) in [7, 11) is 0. The van der Waals surface area contributed by atoms with Crippen molar-refractivity contribution >= 4 is 11.7 Å². The predicted octanol–water partition coefficient (Wildman–Crippen LogP) is -0.0726. The van der Waals surface area contributed by atoms with Gasteiger partial charge in [0.15, 0.2) is 5.78 Å². The van der Waals surface area contributed by atoms with Crippen LogP contribution in [-0.4, -0.2) is 25.0 Å². The lowest BCUT2D eigenvalue weighted by molar-refractivity contribution is -0.124. The molecule has 0 unspecified atom stereocenters. The van der Waals surface area contributed by atoms with E-state index in [1.807, 2.05) is 0 Å². The second kappa shape index (κ2) is 4.49. The van der Waals surface area contributed by atoms with Gasteiger partial charge in [-0.2, -0.15) is 0 Å². The van der Waals surface area contributed by atoms with E-state index >= 15 is 0 Å². The molecule has 0 aromatic heterocycles. The van der Waals surface area contributed by atoms with E-state index in [2.05, 4.69) is 10.1 Å². The van der Waals surface area contributed by atoms with Gasteiger partial charge in [-0.1, -0.05) is 6.92 Å². The largest absolute Gasteiger partial charge is 0.461 e. The van der Waals surface area contributed by atoms with Crippen LogP contribution in [0.4, 0.5) is 0 Å². The number of Topliss-reactive ketones (excluding diaryl/α,β-unsaturated/α-hetero) is 1. The van der Waals surface area contributed by atoms with Gasteiger partial charge >= 0.3 is 0 Å². The van der Waals surface area contributed by atoms with Crippen LogP contribution in [0.25, 0.3) is 0 Å². The van der Waals surface area contributed by atoms with Gasteiger partial charge in [-0.05, 0) is 0 Å². The predicted molar refractivity (Wildman–Crippen MR) is 43.4 cm³/mol. The van der Waals surface area contributed by atoms with Crippen LogP contribution in [0, 0.1) is 0 Å². The average Bonchev–Trinajstić information content (AvgIpc) is 2.66. The van der Waals surface area contributed by atoms with Crippen molar-refractivity contribution in [3.8, 4) is 0 Å². The number of rotatable bonds is 4. The van der Waals surface area contributed by atoms with Gasteiger partial charge in [0.2, 0.25) is 12.6 Å². The molecule has 0 bridgehead atoms. The molecular weight excluding hydrogens is 174 g/mol. The normalized spacial score (nSPS) is 14.1. The Morgan fingerprint density at radius 1 is 1.62 bits per heavy atom. The Balaban J connectivity index is 2.29. The Morgan fingerprint density at radius 3 is 2.92 bits per heavy atom. The average molecular weight is 185 g/mol. The molecule has 1 aliphatic heterocycles. The van der Waals surface area contributed by atoms with Crippen molar-refractivity contribution in [2.45, 2.75) is 13.3 Å². The quantitative estimate of drug-likeness (QED) is 0.665. The first-order valence-corrected chi connectivity index (χ1v) is 3.98. The van der Waals surface area contributed by atoms with Gasteiger partial charge in [0, 0.05) is 6.42 Å². The molecule has 0 atom stereocenters. The van der Waals surface area contributed by atoms with Crippen LogP contribution in [0.3, 0.4) is 0 Å². The minimum Gasteiger partial charge on any atom is -0.461 e. The highest BCUT2D eigenvalue weighted by atomic mass is 16.7. The van der Waals surface area contributed by atoms with Crippen LogP contribution in [0.2, 0.25) is 0 Å². The molecule has 0 aromatic rings. The molecule has 1 amide bonds. The molecule has 5 nitrogen and oxygen atoms in total. The summed E-state index contributed by atoms with van der Waals surface area (Å²) < 4.78 is 9.48. The molecule has 1 N–H and O–H groups in total. The van der Waals surface area contributed by atoms with Crippen molar-refractivity contribution < 1.29 is 19.1 Å². The van der Waals surface area contributed by atoms with Crippen molar-refractivity contribution in [1.29, 1.82) is 0 Å². The fourth-order valence-electron chi connectivity index (χ4n) is 0.751. The van der Waals surface area contributed by atoms with E-state index in [4.69, 9.17) is 4.74 Å². The number of hydrogen-bond acceptors (Lipinski definition) is 4. The van der Waals surface area contributed by atoms with Crippen molar-refractivity contribution in [2.75, 3.05) is 13.3 Å². The number of nitrogens with one attached hydrogen (secondary N) is 1. The van der Waals surface area contributed by atoms with E-state index in [1.165, 1.54) is 6.26 Å². The van der Waals surface area contributed by atoms with Crippen LogP contribution in [0.5, 0.6) is 0 Å². The van der Waals surface area contributed by atoms with Gasteiger partial charge in [0.25, 0.3) is 5.91 Å². The summed E-state index contributed by atoms with van der Waals surface area (Å²) in [4.78, 5) is 22.0. The zero-order valence-electron chi connectivity index (χ0n) is 7.33. The van der Waals surface area contributed by atoms with Gasteiger partial charge in [0.1, 0.15) is 6.26 Å². The smallest absolute Gasteiger partial charge is 0.290 e. The van der Waals surface area contributed by atoms with E-state index in [0.29, 0.717) is 6.42 Å². The highest BCUT2D eigenvalue weighted by molar-refractivity contribution is 5.94. The topological polar surface area (TPSA) is 64.6 Å². The molecule has 1 heterocycles. The summed E-state index contributed by atoms with van der Waals surface area (Å²) in [6.07, 6.45) is 1.64. The molecule has 0 fully saturated rings. The number of carbonyl (C=O) groups excluding carboxylic acids is 2. The lowest BCUT2D eigenvalue weighted by Gasteiger charge is -2.02. The molecule has 5 heteroatoms. The fraction of sp³-hybridized carbons (Fsp3) is 0.500. The molecule has 72 valence electrons. The SMILES string of the molecule is CCC(=O)CNC(=O)C1=COCO1. The Hall–Kier alpha value is -1.52. The lowest BCUT2D eigenvalue weighted by atomic mass is 10.3. The molecule has 0 aromatic carbocycles. The van der Waals surface area contributed by atoms with Crippen molar-refractivity contribution in [3.05, 3.63) is 12.0 Å². The third-order valence-corrected chi connectivity index (χ3v) is 1.54. The fourth-order valence-corrected chi connectivity index (χ4v) is 0.751. The van der Waals surface area contributed by atoms with E-state index in [-0.39, 0.29) is 24.9 Å². The molecule has 0 saturated heterocycles. The number of hydrogen-bond donors (Lipinski definition) is 1. The summed E-state index contributed by atoms with van der Waals surface area (Å²) >= 11 is 0. The third kappa shape index (κ3) is 2.77. The molecule has 0 spiro atoms. The zero-order valence-corrected chi connectivity index (χ0v) is 7.33. The van der Waals surface area contributed by atoms with Crippen molar-refractivity contribution in [3.63, 3.8) is 0 Å². The van der Waals surface area contributed by atoms with Gasteiger partial charge in [-0.15, -0.1) is 0 Å². The Labute approximate surface area is 75.7 Å². The van der Waals surface area contributed by atoms with Gasteiger partial charge < -0.3 is 14.8 Å². The van der Waals surface area contributed by atoms with E-state index in [9.17, 15) is 9.59 Å². The standard InChI is InChI=1S/C8H11NO4/c1-2-6(10)3-9-8(11)7-4-12-5-13-7/h4H,2-3,5H2,1H3,(H,9,11). The minimum absolute atomic E-state index is 0.0205. The maximum absolute atomic E-state index is 11.1. The number of ether oxygens (including phenoxy) is 2. The molecule has 1 rings (SSSR count). The molecule has 1 aliphatic rings. The van der Waals surface area contributed by atoms with Gasteiger partial charge in [-0.25, -0.2) is 0 Å². The number of ketones is 1. The summed E-state index contributed by atoms with van der Waals surface area (Å²) in [5.74, 6) is -0.323. The van der Waals surface area contributed by atoms with Crippen LogP contribution in [0.1, 0.15) is 13.3 Å². The van der Waals surface area contributed by atoms with Crippen LogP contribution in [0.15, 0.2) is 12.0 Å². The zero-order chi connectivity index (χ0) is 9.68. The maximum Gasteiger partial charge on any atom is 0.290 e. The maximum atomic E-state index is 11.1. The summed E-state index contributed by atoms with van der Waals surface area (Å²) in [5.41, 5.74) is 0. The monoisotopic (exact) mass is 185 g/mol. The van der Waals surface area contributed by atoms with E-state index in [0.717, 1.165) is 0 Å². The third-order valence-electron chi connectivity index (χ3n) is 1.54. The second-order valence-electron chi connectivity index (χ2n) is 2.49. The first-order valence-electron chi connectivity index (χ1n) is 3.98. The van der Waals surface area contributed by atoms with Crippen molar-refractivity contribution in [1.82, 2.24) is 5.32 Å². The highest BCUT2D eigenvalue weighted by Crippen LogP contribution is 2.05. The van der Waals surface area contributed by atoms with Crippen molar-refractivity contribution in [2.24, 2.45) is 0 Å². The molecule has 0 radical (unpaired) electrons. The van der Waals surface area contributed by atoms with E-state index in [1.54, 1.807) is 6.92 Å². The molecule has 0 aliphatic carbocycles. The Kier molecular flexibility index (Phi) is 3.31. The Morgan fingerprint density at radius 2 is 2.38 bits per heavy atom. The number of amides is 1. The summed E-state index contributed by atoms with van der Waals surface area (Å²) in [5, 5.41) is 2.41. The van der Waals surface area contributed by atoms with Gasteiger partial charge in [0.05, 0.1) is 6.54 Å². The van der Waals surface area contributed by atoms with Crippen LogP contribution in [-0.2, 0) is 19.1 Å². The first kappa shape index (κ1) is 9.57. The van der Waals surface area contributed by atoms with E-state index < -0.39 is 5.91 Å². The molecule has 0 saturated carbocycles. The molecular formula is C8H11NO4. The lowest BCUT2D eigenvalue weighted by Crippen LogP contribution is -2.30. The number of carbonyl (C=O) groups is 2. The summed E-state index contributed by atoms with van der Waals surface area (Å²) in [6, 6.07) is 0. The first-order chi connectivity index (χ1) is 6.24. The highest BCUT2D eigenvalue weighted by Gasteiger charge is 2.15. The second-order valence-corrected chi connectivity index (χ2v) is 2.49. The molecule has 13 heavy (non-hydrogen) atoms. The minimum atomic E-state index is -0.417. The summed E-state index contributed by atoms with van der Waals surface area (Å²) in [6.45, 7) is 1.84. The Bertz CT molecular complexity index is 247. The van der Waals surface area contributed by atoms with Crippen LogP contribution >= 0.6 is 0 Å². The van der Waals surface area contributed by atoms with Crippen LogP contribution < -0.4 is 5.32 Å². The van der Waals surface area contributed by atoms with Gasteiger partial charge in [-0.3, -0.25) is 9.59 Å².